The molecule has 2 aromatic carbocycles. The maximum atomic E-state index is 12.6. The fourth-order valence-corrected chi connectivity index (χ4v) is 6.03. The predicted molar refractivity (Wildman–Crippen MR) is 139 cm³/mol. The summed E-state index contributed by atoms with van der Waals surface area (Å²) in [5.41, 5.74) is 5.15. The van der Waals surface area contributed by atoms with E-state index in [4.69, 9.17) is 4.74 Å². The summed E-state index contributed by atoms with van der Waals surface area (Å²) in [5, 5.41) is 0.0988. The van der Waals surface area contributed by atoms with Crippen molar-refractivity contribution in [1.82, 2.24) is 18.8 Å². The highest BCUT2D eigenvalue weighted by Crippen LogP contribution is 2.36. The van der Waals surface area contributed by atoms with Crippen molar-refractivity contribution in [3.63, 3.8) is 0 Å². The van der Waals surface area contributed by atoms with Gasteiger partial charge in [0.05, 0.1) is 12.9 Å². The Kier molecular flexibility index (Phi) is 8.06. The van der Waals surface area contributed by atoms with Crippen LogP contribution in [0.25, 0.3) is 11.1 Å². The molecular formula is C27H36N4O3S. The number of aromatic nitrogens is 2. The van der Waals surface area contributed by atoms with Gasteiger partial charge in [-0.05, 0) is 48.6 Å². The molecule has 188 valence electrons. The summed E-state index contributed by atoms with van der Waals surface area (Å²) in [5.74, 6) is 0.452. The van der Waals surface area contributed by atoms with Crippen molar-refractivity contribution in [3.05, 3.63) is 72.2 Å². The third-order valence-electron chi connectivity index (χ3n) is 7.02. The van der Waals surface area contributed by atoms with E-state index in [9.17, 15) is 8.42 Å². The standard InChI is InChI=1S/C27H36N4O3S/c1-21-9-5-6-10-24(21)22-11-13-23(14-12-22)25-17-31(26(25)19-34-4)16-8-7-15-30(3)35(32,33)27-18-29(2)20-28-27/h5-6,9-14,18,20,25-26H,7-8,15-17,19H2,1-4H3/t25-,26+/m0/s1. The van der Waals surface area contributed by atoms with Crippen LogP contribution in [0, 0.1) is 6.92 Å². The molecule has 0 unspecified atom stereocenters. The predicted octanol–water partition coefficient (Wildman–Crippen LogP) is 3.91. The number of likely N-dealkylation sites (tertiary alicyclic amines) is 1. The molecule has 0 bridgehead atoms. The molecule has 0 aliphatic carbocycles. The molecule has 2 atom stereocenters. The van der Waals surface area contributed by atoms with Crippen molar-refractivity contribution in [2.24, 2.45) is 7.05 Å². The highest BCUT2D eigenvalue weighted by Gasteiger charge is 2.39. The smallest absolute Gasteiger partial charge is 0.261 e. The van der Waals surface area contributed by atoms with Gasteiger partial charge in [0, 0.05) is 52.5 Å². The number of methoxy groups -OCH3 is 1. The van der Waals surface area contributed by atoms with Crippen LogP contribution in [-0.4, -0.2) is 73.6 Å². The van der Waals surface area contributed by atoms with Crippen LogP contribution in [-0.2, 0) is 21.8 Å². The van der Waals surface area contributed by atoms with Gasteiger partial charge in [-0.3, -0.25) is 4.90 Å². The van der Waals surface area contributed by atoms with Gasteiger partial charge in [-0.2, -0.15) is 4.31 Å². The Labute approximate surface area is 209 Å². The minimum Gasteiger partial charge on any atom is -0.383 e. The fourth-order valence-electron chi connectivity index (χ4n) is 4.86. The second-order valence-corrected chi connectivity index (χ2v) is 11.5. The molecule has 0 spiro atoms. The first-order chi connectivity index (χ1) is 16.8. The Hall–Kier alpha value is -2.52. The third-order valence-corrected chi connectivity index (χ3v) is 8.76. The van der Waals surface area contributed by atoms with Crippen molar-refractivity contribution in [2.45, 2.75) is 36.8 Å². The topological polar surface area (TPSA) is 67.7 Å². The third kappa shape index (κ3) is 5.67. The SMILES string of the molecule is COC[C@@H]1[C@H](c2ccc(-c3ccccc3C)cc2)CN1CCCCN(C)S(=O)(=O)c1cn(C)cn1. The van der Waals surface area contributed by atoms with Crippen LogP contribution in [0.1, 0.15) is 29.9 Å². The van der Waals surface area contributed by atoms with Gasteiger partial charge >= 0.3 is 0 Å². The van der Waals surface area contributed by atoms with Gasteiger partial charge in [0.2, 0.25) is 0 Å². The summed E-state index contributed by atoms with van der Waals surface area (Å²) in [6.07, 6.45) is 4.78. The first-order valence-electron chi connectivity index (χ1n) is 12.1. The van der Waals surface area contributed by atoms with E-state index in [0.717, 1.165) is 25.9 Å². The maximum Gasteiger partial charge on any atom is 0.261 e. The number of imidazole rings is 1. The van der Waals surface area contributed by atoms with E-state index in [1.54, 1.807) is 25.8 Å². The number of hydrogen-bond acceptors (Lipinski definition) is 5. The van der Waals surface area contributed by atoms with Gasteiger partial charge in [0.15, 0.2) is 5.03 Å². The normalized spacial score (nSPS) is 18.7. The number of ether oxygens (including phenoxy) is 1. The van der Waals surface area contributed by atoms with Crippen LogP contribution in [0.4, 0.5) is 0 Å². The average Bonchev–Trinajstić information content (AvgIpc) is 3.29. The van der Waals surface area contributed by atoms with Crippen molar-refractivity contribution in [3.8, 4) is 11.1 Å². The molecule has 0 N–H and O–H groups in total. The van der Waals surface area contributed by atoms with Crippen LogP contribution in [0.15, 0.2) is 66.1 Å². The van der Waals surface area contributed by atoms with Crippen LogP contribution in [0.3, 0.4) is 0 Å². The minimum atomic E-state index is -3.53. The fraction of sp³-hybridized carbons (Fsp3) is 0.444. The zero-order valence-corrected chi connectivity index (χ0v) is 21.9. The average molecular weight is 497 g/mol. The van der Waals surface area contributed by atoms with Crippen molar-refractivity contribution < 1.29 is 13.2 Å². The lowest BCUT2D eigenvalue weighted by molar-refractivity contribution is 0.000535. The van der Waals surface area contributed by atoms with Gasteiger partial charge in [-0.15, -0.1) is 0 Å². The van der Waals surface area contributed by atoms with Gasteiger partial charge in [-0.25, -0.2) is 13.4 Å². The lowest BCUT2D eigenvalue weighted by atomic mass is 9.82. The molecule has 1 saturated heterocycles. The Morgan fingerprint density at radius 2 is 1.86 bits per heavy atom. The summed E-state index contributed by atoms with van der Waals surface area (Å²) in [4.78, 5) is 6.45. The molecule has 0 radical (unpaired) electrons. The Balaban J connectivity index is 1.29. The molecule has 8 heteroatoms. The lowest BCUT2D eigenvalue weighted by Gasteiger charge is -2.48. The lowest BCUT2D eigenvalue weighted by Crippen LogP contribution is -2.56. The maximum absolute atomic E-state index is 12.6. The van der Waals surface area contributed by atoms with Crippen molar-refractivity contribution >= 4 is 10.0 Å². The molecule has 4 rings (SSSR count). The Bertz CT molecular complexity index is 1220. The second-order valence-electron chi connectivity index (χ2n) is 9.47. The van der Waals surface area contributed by atoms with E-state index < -0.39 is 10.0 Å². The van der Waals surface area contributed by atoms with E-state index in [1.165, 1.54) is 39.1 Å². The summed E-state index contributed by atoms with van der Waals surface area (Å²) in [7, 11) is 1.61. The van der Waals surface area contributed by atoms with Crippen LogP contribution >= 0.6 is 0 Å². The molecule has 3 aromatic rings. The largest absolute Gasteiger partial charge is 0.383 e. The van der Waals surface area contributed by atoms with Gasteiger partial charge in [0.25, 0.3) is 10.0 Å². The molecule has 1 aromatic heterocycles. The number of unbranched alkanes of at least 4 members (excludes halogenated alkanes) is 1. The number of sulfonamides is 1. The van der Waals surface area contributed by atoms with E-state index in [2.05, 4.69) is 65.3 Å². The van der Waals surface area contributed by atoms with E-state index in [1.807, 2.05) is 0 Å². The summed E-state index contributed by atoms with van der Waals surface area (Å²) in [6.45, 7) is 5.25. The molecular weight excluding hydrogens is 460 g/mol. The molecule has 2 heterocycles. The van der Waals surface area contributed by atoms with E-state index in [-0.39, 0.29) is 5.03 Å². The van der Waals surface area contributed by atoms with Crippen LogP contribution in [0.2, 0.25) is 0 Å². The number of aryl methyl sites for hydroxylation is 2. The summed E-state index contributed by atoms with van der Waals surface area (Å²) < 4.78 is 33.9. The van der Waals surface area contributed by atoms with Gasteiger partial charge < -0.3 is 9.30 Å². The Morgan fingerprint density at radius 3 is 2.51 bits per heavy atom. The van der Waals surface area contributed by atoms with E-state index in [0.29, 0.717) is 25.1 Å². The van der Waals surface area contributed by atoms with Gasteiger partial charge in [0.1, 0.15) is 0 Å². The monoisotopic (exact) mass is 496 g/mol. The minimum absolute atomic E-state index is 0.0988. The highest BCUT2D eigenvalue weighted by molar-refractivity contribution is 7.89. The molecule has 7 nitrogen and oxygen atoms in total. The van der Waals surface area contributed by atoms with Crippen LogP contribution < -0.4 is 0 Å². The van der Waals surface area contributed by atoms with Gasteiger partial charge in [-0.1, -0.05) is 48.5 Å². The molecule has 1 aliphatic rings. The molecule has 0 saturated carbocycles. The quantitative estimate of drug-likeness (QED) is 0.377. The zero-order chi connectivity index (χ0) is 25.0. The first-order valence-corrected chi connectivity index (χ1v) is 13.6. The number of rotatable bonds is 11. The highest BCUT2D eigenvalue weighted by atomic mass is 32.2. The van der Waals surface area contributed by atoms with E-state index >= 15 is 0 Å². The molecule has 35 heavy (non-hydrogen) atoms. The number of hydrogen-bond donors (Lipinski definition) is 0. The molecule has 1 fully saturated rings. The summed E-state index contributed by atoms with van der Waals surface area (Å²) >= 11 is 0. The first kappa shape index (κ1) is 25.6. The molecule has 0 amide bonds. The second kappa shape index (κ2) is 11.0. The number of nitrogens with zero attached hydrogens (tertiary/aromatic N) is 4. The number of benzene rings is 2. The summed E-state index contributed by atoms with van der Waals surface area (Å²) in [6, 6.07) is 17.8. The van der Waals surface area contributed by atoms with Crippen molar-refractivity contribution in [2.75, 3.05) is 40.4 Å². The van der Waals surface area contributed by atoms with Crippen LogP contribution in [0.5, 0.6) is 0 Å². The van der Waals surface area contributed by atoms with Crippen molar-refractivity contribution in [1.29, 1.82) is 0 Å². The Morgan fingerprint density at radius 1 is 1.11 bits per heavy atom. The zero-order valence-electron chi connectivity index (χ0n) is 21.1. The molecule has 1 aliphatic heterocycles.